The zero-order valence-electron chi connectivity index (χ0n) is 16.3. The molecule has 1 aromatic heterocycles. The molecular formula is C20H21Cl2F3N2O4. The maximum atomic E-state index is 14.0. The molecule has 6 nitrogen and oxygen atoms in total. The van der Waals surface area contributed by atoms with E-state index in [9.17, 15) is 28.2 Å². The molecule has 31 heavy (non-hydrogen) atoms. The molecule has 170 valence electrons. The summed E-state index contributed by atoms with van der Waals surface area (Å²) >= 11 is 11.9. The van der Waals surface area contributed by atoms with Crippen LogP contribution >= 0.6 is 23.2 Å². The van der Waals surface area contributed by atoms with Gasteiger partial charge in [0.25, 0.3) is 0 Å². The Bertz CT molecular complexity index is 930. The predicted octanol–water partition coefficient (Wildman–Crippen LogP) is 4.93. The van der Waals surface area contributed by atoms with Gasteiger partial charge in [-0.25, -0.2) is 4.98 Å². The van der Waals surface area contributed by atoms with Crippen LogP contribution in [0.3, 0.4) is 0 Å². The van der Waals surface area contributed by atoms with E-state index in [1.54, 1.807) is 0 Å². The summed E-state index contributed by atoms with van der Waals surface area (Å²) in [6, 6.07) is 6.04. The number of alkyl halides is 3. The van der Waals surface area contributed by atoms with Gasteiger partial charge in [0.15, 0.2) is 5.60 Å². The molecule has 0 aliphatic rings. The third-order valence-corrected chi connectivity index (χ3v) is 5.43. The number of anilines is 1. The molecule has 1 heterocycles. The summed E-state index contributed by atoms with van der Waals surface area (Å²) in [5.74, 6) is -2.49. The summed E-state index contributed by atoms with van der Waals surface area (Å²) < 4.78 is 41.9. The van der Waals surface area contributed by atoms with Gasteiger partial charge in [0.05, 0.1) is 0 Å². The van der Waals surface area contributed by atoms with E-state index in [2.05, 4.69) is 10.3 Å². The van der Waals surface area contributed by atoms with Crippen LogP contribution in [0, 0.1) is 0 Å². The molecule has 2 rings (SSSR count). The topological polar surface area (TPSA) is 103 Å². The number of aromatic nitrogens is 1. The molecule has 1 aromatic carbocycles. The van der Waals surface area contributed by atoms with Crippen LogP contribution in [0.25, 0.3) is 0 Å². The second kappa shape index (κ2) is 10.0. The molecule has 0 radical (unpaired) electrons. The molecular weight excluding hydrogens is 460 g/mol. The number of pyridine rings is 1. The second-order valence-electron chi connectivity index (χ2n) is 7.04. The number of aliphatic hydroxyl groups is 2. The van der Waals surface area contributed by atoms with Crippen molar-refractivity contribution in [3.8, 4) is 0 Å². The van der Waals surface area contributed by atoms with E-state index in [1.807, 2.05) is 0 Å². The van der Waals surface area contributed by atoms with Gasteiger partial charge in [0.1, 0.15) is 11.4 Å². The molecule has 3 atom stereocenters. The Hall–Kier alpha value is -2.07. The first-order chi connectivity index (χ1) is 14.4. The molecule has 2 aromatic rings. The zero-order valence-corrected chi connectivity index (χ0v) is 17.8. The zero-order chi connectivity index (χ0) is 23.4. The van der Waals surface area contributed by atoms with Crippen LogP contribution in [-0.2, 0) is 10.4 Å². The number of carboxylic acid groups (broad SMARTS) is 1. The standard InChI is InChI=1S/C20H21Cl2F3N2O4/c1-11(19(31,20(23,24)25)12-7-8-26-16(22)9-12)14-6-5-13(10-15(14)21)27-17(28)3-2-4-18(29)30/h5-11,17,27-28,31H,2-4H2,1H3,(H,29,30). The first kappa shape index (κ1) is 25.2. The lowest BCUT2D eigenvalue weighted by atomic mass is 9.78. The van der Waals surface area contributed by atoms with Crippen molar-refractivity contribution < 1.29 is 33.3 Å². The fourth-order valence-electron chi connectivity index (χ4n) is 3.20. The number of halogens is 5. The fourth-order valence-corrected chi connectivity index (χ4v) is 3.72. The van der Waals surface area contributed by atoms with Gasteiger partial charge in [-0.05, 0) is 48.2 Å². The molecule has 0 saturated carbocycles. The third-order valence-electron chi connectivity index (χ3n) is 4.89. The summed E-state index contributed by atoms with van der Waals surface area (Å²) in [6.45, 7) is 1.19. The van der Waals surface area contributed by atoms with Crippen LogP contribution in [0.15, 0.2) is 36.5 Å². The van der Waals surface area contributed by atoms with E-state index in [-0.39, 0.29) is 35.0 Å². The van der Waals surface area contributed by atoms with Gasteiger partial charge in [-0.15, -0.1) is 0 Å². The lowest BCUT2D eigenvalue weighted by molar-refractivity contribution is -0.274. The number of aliphatic carboxylic acids is 1. The highest BCUT2D eigenvalue weighted by Gasteiger charge is 2.59. The Morgan fingerprint density at radius 3 is 2.45 bits per heavy atom. The summed E-state index contributed by atoms with van der Waals surface area (Å²) in [5, 5.41) is 31.8. The molecule has 4 N–H and O–H groups in total. The van der Waals surface area contributed by atoms with Gasteiger partial charge in [0, 0.05) is 29.2 Å². The van der Waals surface area contributed by atoms with Gasteiger partial charge < -0.3 is 20.6 Å². The van der Waals surface area contributed by atoms with Crippen molar-refractivity contribution in [3.05, 3.63) is 57.8 Å². The van der Waals surface area contributed by atoms with Crippen LogP contribution in [0.1, 0.15) is 43.2 Å². The molecule has 0 bridgehead atoms. The van der Waals surface area contributed by atoms with Crippen LogP contribution in [0.5, 0.6) is 0 Å². The number of hydrogen-bond donors (Lipinski definition) is 4. The predicted molar refractivity (Wildman–Crippen MR) is 110 cm³/mol. The highest BCUT2D eigenvalue weighted by molar-refractivity contribution is 6.31. The number of nitrogens with zero attached hydrogens (tertiary/aromatic N) is 1. The molecule has 11 heteroatoms. The normalized spacial score (nSPS) is 15.7. The van der Waals surface area contributed by atoms with Crippen LogP contribution in [-0.4, -0.2) is 38.7 Å². The Balaban J connectivity index is 2.29. The minimum absolute atomic E-state index is 0.0281. The number of nitrogens with one attached hydrogen (secondary N) is 1. The highest BCUT2D eigenvalue weighted by atomic mass is 35.5. The van der Waals surface area contributed by atoms with Crippen molar-refractivity contribution in [2.24, 2.45) is 0 Å². The van der Waals surface area contributed by atoms with Crippen molar-refractivity contribution in [2.45, 2.75) is 50.1 Å². The average Bonchev–Trinajstić information content (AvgIpc) is 2.65. The first-order valence-corrected chi connectivity index (χ1v) is 9.98. The number of hydrogen-bond acceptors (Lipinski definition) is 5. The van der Waals surface area contributed by atoms with E-state index in [0.29, 0.717) is 5.69 Å². The van der Waals surface area contributed by atoms with Gasteiger partial charge >= 0.3 is 12.1 Å². The average molecular weight is 481 g/mol. The van der Waals surface area contributed by atoms with Crippen molar-refractivity contribution in [1.82, 2.24) is 4.98 Å². The summed E-state index contributed by atoms with van der Waals surface area (Å²) in [6.07, 6.45) is -4.76. The third kappa shape index (κ3) is 6.00. The lowest BCUT2D eigenvalue weighted by Crippen LogP contribution is -2.46. The van der Waals surface area contributed by atoms with E-state index in [4.69, 9.17) is 28.3 Å². The second-order valence-corrected chi connectivity index (χ2v) is 7.83. The maximum absolute atomic E-state index is 14.0. The van der Waals surface area contributed by atoms with E-state index in [1.165, 1.54) is 25.1 Å². The van der Waals surface area contributed by atoms with Crippen LogP contribution in [0.4, 0.5) is 18.9 Å². The van der Waals surface area contributed by atoms with E-state index in [0.717, 1.165) is 18.3 Å². The van der Waals surface area contributed by atoms with Crippen LogP contribution in [0.2, 0.25) is 10.2 Å². The monoisotopic (exact) mass is 480 g/mol. The molecule has 3 unspecified atom stereocenters. The molecule has 0 amide bonds. The van der Waals surface area contributed by atoms with Gasteiger partial charge in [0.2, 0.25) is 0 Å². The Morgan fingerprint density at radius 2 is 1.90 bits per heavy atom. The van der Waals surface area contributed by atoms with E-state index < -0.39 is 35.5 Å². The number of aliphatic hydroxyl groups excluding tert-OH is 1. The van der Waals surface area contributed by atoms with Gasteiger partial charge in [-0.2, -0.15) is 13.2 Å². The molecule has 0 aliphatic heterocycles. The quantitative estimate of drug-likeness (QED) is 0.299. The smallest absolute Gasteiger partial charge is 0.422 e. The van der Waals surface area contributed by atoms with E-state index >= 15 is 0 Å². The van der Waals surface area contributed by atoms with Crippen molar-refractivity contribution in [3.63, 3.8) is 0 Å². The molecule has 0 aliphatic carbocycles. The number of rotatable bonds is 9. The number of carboxylic acids is 1. The number of benzene rings is 1. The van der Waals surface area contributed by atoms with Crippen molar-refractivity contribution in [2.75, 3.05) is 5.32 Å². The summed E-state index contributed by atoms with van der Waals surface area (Å²) in [4.78, 5) is 14.2. The van der Waals surface area contributed by atoms with Crippen molar-refractivity contribution >= 4 is 34.9 Å². The number of carbonyl (C=O) groups is 1. The Labute approximate surface area is 186 Å². The largest absolute Gasteiger partial charge is 0.481 e. The first-order valence-electron chi connectivity index (χ1n) is 9.23. The minimum atomic E-state index is -5.04. The van der Waals surface area contributed by atoms with Gasteiger partial charge in [-0.1, -0.05) is 36.2 Å². The highest BCUT2D eigenvalue weighted by Crippen LogP contribution is 2.50. The molecule has 0 fully saturated rings. The van der Waals surface area contributed by atoms with Gasteiger partial charge in [-0.3, -0.25) is 4.79 Å². The Kier molecular flexibility index (Phi) is 8.15. The molecule has 0 saturated heterocycles. The Morgan fingerprint density at radius 1 is 1.23 bits per heavy atom. The minimum Gasteiger partial charge on any atom is -0.481 e. The fraction of sp³-hybridized carbons (Fsp3) is 0.400. The maximum Gasteiger partial charge on any atom is 0.422 e. The SMILES string of the molecule is CC(c1ccc(NC(O)CCCC(=O)O)cc1Cl)C(O)(c1ccnc(Cl)c1)C(F)(F)F. The van der Waals surface area contributed by atoms with Crippen LogP contribution < -0.4 is 5.32 Å². The summed E-state index contributed by atoms with van der Waals surface area (Å²) in [5.41, 5.74) is -3.40. The van der Waals surface area contributed by atoms with Crippen molar-refractivity contribution in [1.29, 1.82) is 0 Å². The summed E-state index contributed by atoms with van der Waals surface area (Å²) in [7, 11) is 0. The molecule has 0 spiro atoms. The lowest BCUT2D eigenvalue weighted by Gasteiger charge is -2.37.